The zero-order valence-corrected chi connectivity index (χ0v) is 8.58. The van der Waals surface area contributed by atoms with Crippen molar-refractivity contribution in [3.05, 3.63) is 0 Å². The lowest BCUT2D eigenvalue weighted by Crippen LogP contribution is -2.52. The van der Waals surface area contributed by atoms with Crippen LogP contribution < -0.4 is 11.3 Å². The van der Waals surface area contributed by atoms with Crippen LogP contribution in [-0.2, 0) is 19.6 Å². The SMILES string of the molecule is CS(=O)(=O)N1CCO[C@@H](C(=O)NN)C1. The number of nitrogens with two attached hydrogens (primary N) is 1. The van der Waals surface area contributed by atoms with Crippen LogP contribution in [0.2, 0.25) is 0 Å². The Morgan fingerprint density at radius 3 is 2.79 bits per heavy atom. The average Bonchev–Trinajstić information content (AvgIpc) is 2.15. The first-order valence-corrected chi connectivity index (χ1v) is 5.87. The van der Waals surface area contributed by atoms with Crippen molar-refractivity contribution in [1.29, 1.82) is 0 Å². The molecule has 82 valence electrons. The number of nitrogens with one attached hydrogen (secondary N) is 1. The van der Waals surface area contributed by atoms with Gasteiger partial charge in [-0.2, -0.15) is 4.31 Å². The number of nitrogens with zero attached hydrogens (tertiary/aromatic N) is 1. The molecule has 8 heteroatoms. The van der Waals surface area contributed by atoms with E-state index in [1.165, 1.54) is 4.31 Å². The van der Waals surface area contributed by atoms with E-state index >= 15 is 0 Å². The lowest BCUT2D eigenvalue weighted by Gasteiger charge is -2.29. The minimum absolute atomic E-state index is 0.0157. The first-order chi connectivity index (χ1) is 6.45. The van der Waals surface area contributed by atoms with E-state index in [2.05, 4.69) is 0 Å². The quantitative estimate of drug-likeness (QED) is 0.310. The van der Waals surface area contributed by atoms with Gasteiger partial charge in [-0.05, 0) is 0 Å². The van der Waals surface area contributed by atoms with Gasteiger partial charge < -0.3 is 4.74 Å². The smallest absolute Gasteiger partial charge is 0.264 e. The van der Waals surface area contributed by atoms with Crippen molar-refractivity contribution in [2.45, 2.75) is 6.10 Å². The summed E-state index contributed by atoms with van der Waals surface area (Å²) in [5, 5.41) is 0. The summed E-state index contributed by atoms with van der Waals surface area (Å²) in [5.41, 5.74) is 1.92. The molecule has 0 aliphatic carbocycles. The summed E-state index contributed by atoms with van der Waals surface area (Å²) >= 11 is 0. The predicted molar refractivity (Wildman–Crippen MR) is 48.5 cm³/mol. The molecule has 0 bridgehead atoms. The minimum atomic E-state index is -3.27. The van der Waals surface area contributed by atoms with Crippen molar-refractivity contribution in [1.82, 2.24) is 9.73 Å². The molecule has 0 saturated carbocycles. The fraction of sp³-hybridized carbons (Fsp3) is 0.833. The number of hydrazine groups is 1. The zero-order chi connectivity index (χ0) is 10.8. The fourth-order valence-electron chi connectivity index (χ4n) is 1.18. The van der Waals surface area contributed by atoms with Crippen LogP contribution in [0.4, 0.5) is 0 Å². The van der Waals surface area contributed by atoms with Crippen molar-refractivity contribution < 1.29 is 17.9 Å². The van der Waals surface area contributed by atoms with Crippen LogP contribution in [0.1, 0.15) is 0 Å². The van der Waals surface area contributed by atoms with Gasteiger partial charge in [0.25, 0.3) is 5.91 Å². The third kappa shape index (κ3) is 2.64. The molecule has 0 aromatic heterocycles. The Hall–Kier alpha value is -0.700. The van der Waals surface area contributed by atoms with Gasteiger partial charge in [-0.1, -0.05) is 0 Å². The standard InChI is InChI=1S/C6H13N3O4S/c1-14(11,12)9-2-3-13-5(4-9)6(10)8-7/h5H,2-4,7H2,1H3,(H,8,10)/t5-/m1/s1. The number of carbonyl (C=O) groups excluding carboxylic acids is 1. The van der Waals surface area contributed by atoms with E-state index in [0.29, 0.717) is 0 Å². The molecular formula is C6H13N3O4S. The maximum absolute atomic E-state index is 11.2. The molecule has 3 N–H and O–H groups in total. The molecule has 14 heavy (non-hydrogen) atoms. The van der Waals surface area contributed by atoms with Crippen molar-refractivity contribution >= 4 is 15.9 Å². The van der Waals surface area contributed by atoms with Gasteiger partial charge in [-0.15, -0.1) is 0 Å². The Bertz CT molecular complexity index is 315. The van der Waals surface area contributed by atoms with Gasteiger partial charge in [0.05, 0.1) is 12.9 Å². The first-order valence-electron chi connectivity index (χ1n) is 4.02. The topological polar surface area (TPSA) is 102 Å². The molecule has 1 heterocycles. The third-order valence-corrected chi connectivity index (χ3v) is 3.20. The maximum atomic E-state index is 11.2. The summed E-state index contributed by atoms with van der Waals surface area (Å²) in [5.74, 6) is 4.39. The molecule has 1 fully saturated rings. The number of rotatable bonds is 2. The van der Waals surface area contributed by atoms with Gasteiger partial charge in [0.1, 0.15) is 0 Å². The average molecular weight is 223 g/mol. The van der Waals surface area contributed by atoms with Crippen molar-refractivity contribution in [3.63, 3.8) is 0 Å². The van der Waals surface area contributed by atoms with Crippen LogP contribution in [-0.4, -0.2) is 50.7 Å². The summed E-state index contributed by atoms with van der Waals surface area (Å²) in [6.45, 7) is 0.486. The minimum Gasteiger partial charge on any atom is -0.366 e. The highest BCUT2D eigenvalue weighted by atomic mass is 32.2. The summed E-state index contributed by atoms with van der Waals surface area (Å²) in [4.78, 5) is 11.1. The van der Waals surface area contributed by atoms with Crippen LogP contribution in [0, 0.1) is 0 Å². The highest BCUT2D eigenvalue weighted by molar-refractivity contribution is 7.88. The second kappa shape index (κ2) is 4.22. The monoisotopic (exact) mass is 223 g/mol. The predicted octanol–water partition coefficient (Wildman–Crippen LogP) is -2.36. The van der Waals surface area contributed by atoms with Crippen molar-refractivity contribution in [3.8, 4) is 0 Å². The van der Waals surface area contributed by atoms with Crippen LogP contribution >= 0.6 is 0 Å². The molecule has 1 atom stereocenters. The largest absolute Gasteiger partial charge is 0.366 e. The summed E-state index contributed by atoms with van der Waals surface area (Å²) in [7, 11) is -3.27. The van der Waals surface area contributed by atoms with E-state index in [1.54, 1.807) is 0 Å². The van der Waals surface area contributed by atoms with Crippen molar-refractivity contribution in [2.24, 2.45) is 5.84 Å². The molecule has 1 aliphatic heterocycles. The van der Waals surface area contributed by atoms with Crippen molar-refractivity contribution in [2.75, 3.05) is 26.0 Å². The molecule has 7 nitrogen and oxygen atoms in total. The van der Waals surface area contributed by atoms with E-state index in [-0.39, 0.29) is 19.7 Å². The van der Waals surface area contributed by atoms with Crippen LogP contribution in [0.15, 0.2) is 0 Å². The number of hydrogen-bond acceptors (Lipinski definition) is 5. The molecule has 1 amide bonds. The fourth-order valence-corrected chi connectivity index (χ4v) is 1.99. The molecular weight excluding hydrogens is 210 g/mol. The number of ether oxygens (including phenoxy) is 1. The second-order valence-electron chi connectivity index (χ2n) is 2.99. The van der Waals surface area contributed by atoms with E-state index in [4.69, 9.17) is 10.6 Å². The molecule has 0 aromatic rings. The lowest BCUT2D eigenvalue weighted by atomic mass is 10.3. The molecule has 0 aromatic carbocycles. The third-order valence-electron chi connectivity index (χ3n) is 1.93. The van der Waals surface area contributed by atoms with E-state index in [1.807, 2.05) is 5.43 Å². The normalized spacial score (nSPS) is 24.6. The van der Waals surface area contributed by atoms with E-state index in [0.717, 1.165) is 6.26 Å². The number of carbonyl (C=O) groups is 1. The van der Waals surface area contributed by atoms with Crippen LogP contribution in [0.5, 0.6) is 0 Å². The van der Waals surface area contributed by atoms with Gasteiger partial charge in [0.2, 0.25) is 10.0 Å². The number of morpholine rings is 1. The van der Waals surface area contributed by atoms with Crippen LogP contribution in [0.25, 0.3) is 0 Å². The lowest BCUT2D eigenvalue weighted by molar-refractivity contribution is -0.136. The van der Waals surface area contributed by atoms with E-state index in [9.17, 15) is 13.2 Å². The summed E-state index contributed by atoms with van der Waals surface area (Å²) < 4.78 is 28.5. The Morgan fingerprint density at radius 2 is 2.29 bits per heavy atom. The molecule has 0 unspecified atom stereocenters. The molecule has 1 saturated heterocycles. The first kappa shape index (κ1) is 11.4. The summed E-state index contributed by atoms with van der Waals surface area (Å²) in [6.07, 6.45) is 0.277. The number of hydrogen-bond donors (Lipinski definition) is 2. The summed E-state index contributed by atoms with van der Waals surface area (Å²) in [6, 6.07) is 0. The molecule has 0 spiro atoms. The van der Waals surface area contributed by atoms with Gasteiger partial charge in [0, 0.05) is 13.1 Å². The molecule has 0 radical (unpaired) electrons. The highest BCUT2D eigenvalue weighted by Crippen LogP contribution is 2.08. The van der Waals surface area contributed by atoms with Gasteiger partial charge in [-0.25, -0.2) is 14.3 Å². The van der Waals surface area contributed by atoms with Gasteiger partial charge >= 0.3 is 0 Å². The Kier molecular flexibility index (Phi) is 3.43. The van der Waals surface area contributed by atoms with Crippen LogP contribution in [0.3, 0.4) is 0 Å². The molecule has 1 aliphatic rings. The van der Waals surface area contributed by atoms with Gasteiger partial charge in [-0.3, -0.25) is 10.2 Å². The Balaban J connectivity index is 2.65. The van der Waals surface area contributed by atoms with Gasteiger partial charge in [0.15, 0.2) is 6.10 Å². The Morgan fingerprint density at radius 1 is 1.64 bits per heavy atom. The second-order valence-corrected chi connectivity index (χ2v) is 4.97. The molecule has 1 rings (SSSR count). The Labute approximate surface area is 82.2 Å². The number of amides is 1. The van der Waals surface area contributed by atoms with E-state index < -0.39 is 22.0 Å². The zero-order valence-electron chi connectivity index (χ0n) is 7.76. The number of sulfonamides is 1. The highest BCUT2D eigenvalue weighted by Gasteiger charge is 2.30. The maximum Gasteiger partial charge on any atom is 0.264 e.